The van der Waals surface area contributed by atoms with E-state index in [1.165, 1.54) is 5.56 Å². The van der Waals surface area contributed by atoms with Gasteiger partial charge in [0.2, 0.25) is 5.91 Å². The lowest BCUT2D eigenvalue weighted by Gasteiger charge is -2.32. The Balaban J connectivity index is 0.00000176. The van der Waals surface area contributed by atoms with Crippen LogP contribution in [0.4, 0.5) is 0 Å². The van der Waals surface area contributed by atoms with Crippen molar-refractivity contribution in [2.75, 3.05) is 13.1 Å². The zero-order chi connectivity index (χ0) is 14.7. The number of carbonyl (C=O) groups excluding carboxylic acids is 1. The molecule has 0 bridgehead atoms. The normalized spacial score (nSPS) is 23.6. The number of amides is 1. The predicted octanol–water partition coefficient (Wildman–Crippen LogP) is 3.55. The first kappa shape index (κ1) is 17.8. The highest BCUT2D eigenvalue weighted by Gasteiger charge is 2.43. The summed E-state index contributed by atoms with van der Waals surface area (Å²) in [6.45, 7) is 1.98. The Morgan fingerprint density at radius 1 is 1.18 bits per heavy atom. The Morgan fingerprint density at radius 3 is 2.45 bits per heavy atom. The fourth-order valence-electron chi connectivity index (χ4n) is 3.69. The summed E-state index contributed by atoms with van der Waals surface area (Å²) in [5, 5.41) is 6.67. The number of hydrogen-bond donors (Lipinski definition) is 2. The SMILES string of the molecule is Cl.O=C(N[C@H]1CCCNC1)C1(c2ccc(Br)cc2)CCCC1. The van der Waals surface area contributed by atoms with Gasteiger partial charge in [0.15, 0.2) is 0 Å². The first-order valence-corrected chi connectivity index (χ1v) is 8.78. The van der Waals surface area contributed by atoms with Crippen molar-refractivity contribution < 1.29 is 4.79 Å². The summed E-state index contributed by atoms with van der Waals surface area (Å²) in [4.78, 5) is 13.0. The molecule has 3 rings (SSSR count). The summed E-state index contributed by atoms with van der Waals surface area (Å²) in [7, 11) is 0. The van der Waals surface area contributed by atoms with Gasteiger partial charge in [0.25, 0.3) is 0 Å². The van der Waals surface area contributed by atoms with Crippen LogP contribution in [0.5, 0.6) is 0 Å². The highest BCUT2D eigenvalue weighted by Crippen LogP contribution is 2.41. The topological polar surface area (TPSA) is 41.1 Å². The lowest BCUT2D eigenvalue weighted by atomic mass is 9.77. The van der Waals surface area contributed by atoms with E-state index in [1.54, 1.807) is 0 Å². The summed E-state index contributed by atoms with van der Waals surface area (Å²) in [6, 6.07) is 8.59. The number of halogens is 2. The van der Waals surface area contributed by atoms with E-state index in [0.29, 0.717) is 6.04 Å². The largest absolute Gasteiger partial charge is 0.351 e. The van der Waals surface area contributed by atoms with Crippen LogP contribution in [-0.4, -0.2) is 25.0 Å². The van der Waals surface area contributed by atoms with E-state index in [9.17, 15) is 4.79 Å². The van der Waals surface area contributed by atoms with Crippen LogP contribution in [0, 0.1) is 0 Å². The molecule has 5 heteroatoms. The number of piperidine rings is 1. The maximum absolute atomic E-state index is 13.0. The molecule has 0 radical (unpaired) electrons. The first-order chi connectivity index (χ1) is 10.2. The third-order valence-electron chi connectivity index (χ3n) is 4.92. The van der Waals surface area contributed by atoms with Crippen LogP contribution in [0.2, 0.25) is 0 Å². The minimum Gasteiger partial charge on any atom is -0.351 e. The number of carbonyl (C=O) groups is 1. The number of benzene rings is 1. The Hall–Kier alpha value is -0.580. The van der Waals surface area contributed by atoms with Crippen molar-refractivity contribution in [1.29, 1.82) is 0 Å². The lowest BCUT2D eigenvalue weighted by molar-refractivity contribution is -0.127. The van der Waals surface area contributed by atoms with Gasteiger partial charge < -0.3 is 10.6 Å². The molecule has 1 aliphatic heterocycles. The number of hydrogen-bond acceptors (Lipinski definition) is 2. The van der Waals surface area contributed by atoms with Crippen LogP contribution in [0.15, 0.2) is 28.7 Å². The Bertz CT molecular complexity index is 494. The molecule has 0 spiro atoms. The second-order valence-corrected chi connectivity index (χ2v) is 7.23. The van der Waals surface area contributed by atoms with E-state index < -0.39 is 0 Å². The molecule has 122 valence electrons. The average molecular weight is 388 g/mol. The molecular formula is C17H24BrClN2O. The standard InChI is InChI=1S/C17H23BrN2O.ClH/c18-14-7-5-13(6-8-14)17(9-1-2-10-17)16(21)20-15-4-3-11-19-12-15;/h5-8,15,19H,1-4,9-12H2,(H,20,21);1H/t15-;/m0./s1. The zero-order valence-corrected chi connectivity index (χ0v) is 15.1. The van der Waals surface area contributed by atoms with Gasteiger partial charge in [-0.05, 0) is 49.9 Å². The minimum absolute atomic E-state index is 0. The summed E-state index contributed by atoms with van der Waals surface area (Å²) >= 11 is 3.48. The van der Waals surface area contributed by atoms with Crippen LogP contribution in [0.25, 0.3) is 0 Å². The maximum atomic E-state index is 13.0. The van der Waals surface area contributed by atoms with Gasteiger partial charge in [-0.25, -0.2) is 0 Å². The van der Waals surface area contributed by atoms with Crippen LogP contribution < -0.4 is 10.6 Å². The van der Waals surface area contributed by atoms with E-state index in [1.807, 2.05) is 12.1 Å². The van der Waals surface area contributed by atoms with Crippen molar-refractivity contribution in [3.05, 3.63) is 34.3 Å². The predicted molar refractivity (Wildman–Crippen MR) is 95.6 cm³/mol. The second-order valence-electron chi connectivity index (χ2n) is 6.31. The Kier molecular flexibility index (Phi) is 6.30. The zero-order valence-electron chi connectivity index (χ0n) is 12.7. The molecule has 1 aromatic rings. The van der Waals surface area contributed by atoms with E-state index in [-0.39, 0.29) is 23.7 Å². The molecule has 2 N–H and O–H groups in total. The molecule has 1 heterocycles. The van der Waals surface area contributed by atoms with Gasteiger partial charge in [-0.3, -0.25) is 4.79 Å². The molecule has 1 aromatic carbocycles. The monoisotopic (exact) mass is 386 g/mol. The van der Waals surface area contributed by atoms with Gasteiger partial charge in [-0.15, -0.1) is 12.4 Å². The molecule has 0 aromatic heterocycles. The van der Waals surface area contributed by atoms with Gasteiger partial charge in [0, 0.05) is 17.1 Å². The second kappa shape index (κ2) is 7.80. The lowest BCUT2D eigenvalue weighted by Crippen LogP contribution is -2.51. The van der Waals surface area contributed by atoms with E-state index in [4.69, 9.17) is 0 Å². The van der Waals surface area contributed by atoms with Crippen molar-refractivity contribution in [2.45, 2.75) is 50.0 Å². The minimum atomic E-state index is -0.307. The van der Waals surface area contributed by atoms with E-state index >= 15 is 0 Å². The number of rotatable bonds is 3. The summed E-state index contributed by atoms with van der Waals surface area (Å²) < 4.78 is 1.07. The molecule has 2 fully saturated rings. The highest BCUT2D eigenvalue weighted by atomic mass is 79.9. The molecule has 1 saturated heterocycles. The van der Waals surface area contributed by atoms with Crippen molar-refractivity contribution in [1.82, 2.24) is 10.6 Å². The molecule has 22 heavy (non-hydrogen) atoms. The fraction of sp³-hybridized carbons (Fsp3) is 0.588. The molecular weight excluding hydrogens is 364 g/mol. The van der Waals surface area contributed by atoms with Crippen molar-refractivity contribution in [2.24, 2.45) is 0 Å². The summed E-state index contributed by atoms with van der Waals surface area (Å²) in [5.41, 5.74) is 0.863. The van der Waals surface area contributed by atoms with Crippen molar-refractivity contribution in [3.63, 3.8) is 0 Å². The number of nitrogens with one attached hydrogen (secondary N) is 2. The third kappa shape index (κ3) is 3.66. The molecule has 1 atom stereocenters. The van der Waals surface area contributed by atoms with E-state index in [2.05, 4.69) is 38.7 Å². The summed E-state index contributed by atoms with van der Waals surface area (Å²) in [6.07, 6.45) is 6.48. The van der Waals surface area contributed by atoms with Crippen molar-refractivity contribution in [3.8, 4) is 0 Å². The molecule has 2 aliphatic rings. The summed E-state index contributed by atoms with van der Waals surface area (Å²) in [5.74, 6) is 0.232. The van der Waals surface area contributed by atoms with Crippen LogP contribution >= 0.6 is 28.3 Å². The van der Waals surface area contributed by atoms with Gasteiger partial charge in [0.1, 0.15) is 0 Å². The van der Waals surface area contributed by atoms with Crippen LogP contribution in [0.1, 0.15) is 44.1 Å². The average Bonchev–Trinajstić information content (AvgIpc) is 3.00. The molecule has 0 unspecified atom stereocenters. The Labute approximate surface area is 147 Å². The molecule has 3 nitrogen and oxygen atoms in total. The van der Waals surface area contributed by atoms with Gasteiger partial charge in [-0.1, -0.05) is 40.9 Å². The molecule has 1 amide bonds. The molecule has 1 aliphatic carbocycles. The van der Waals surface area contributed by atoms with Gasteiger partial charge >= 0.3 is 0 Å². The van der Waals surface area contributed by atoms with Gasteiger partial charge in [0.05, 0.1) is 5.41 Å². The third-order valence-corrected chi connectivity index (χ3v) is 5.45. The van der Waals surface area contributed by atoms with Crippen molar-refractivity contribution >= 4 is 34.2 Å². The highest BCUT2D eigenvalue weighted by molar-refractivity contribution is 9.10. The maximum Gasteiger partial charge on any atom is 0.230 e. The van der Waals surface area contributed by atoms with Crippen LogP contribution in [-0.2, 0) is 10.2 Å². The van der Waals surface area contributed by atoms with E-state index in [0.717, 1.165) is 56.1 Å². The smallest absolute Gasteiger partial charge is 0.230 e. The fourth-order valence-corrected chi connectivity index (χ4v) is 3.96. The molecule has 1 saturated carbocycles. The Morgan fingerprint density at radius 2 is 1.86 bits per heavy atom. The van der Waals surface area contributed by atoms with Crippen LogP contribution in [0.3, 0.4) is 0 Å². The quantitative estimate of drug-likeness (QED) is 0.833. The van der Waals surface area contributed by atoms with Gasteiger partial charge in [-0.2, -0.15) is 0 Å². The first-order valence-electron chi connectivity index (χ1n) is 7.98.